The minimum Gasteiger partial charge on any atom is -0.497 e. The van der Waals surface area contributed by atoms with Crippen molar-refractivity contribution in [1.29, 1.82) is 0 Å². The molecule has 0 bridgehead atoms. The van der Waals surface area contributed by atoms with Crippen LogP contribution in [0.4, 0.5) is 0 Å². The minimum atomic E-state index is -0.263. The van der Waals surface area contributed by atoms with Crippen LogP contribution in [0.1, 0.15) is 37.3 Å². The summed E-state index contributed by atoms with van der Waals surface area (Å²) in [5, 5.41) is 12.8. The summed E-state index contributed by atoms with van der Waals surface area (Å²) in [5.74, 6) is 1.71. The number of benzene rings is 1. The van der Waals surface area contributed by atoms with Crippen LogP contribution in [0.25, 0.3) is 0 Å². The molecular weight excluding hydrogens is 322 g/mol. The van der Waals surface area contributed by atoms with Crippen LogP contribution in [-0.2, 0) is 9.47 Å². The molecule has 3 rings (SSSR count). The van der Waals surface area contributed by atoms with E-state index in [1.54, 1.807) is 7.11 Å². The SMILES string of the molecule is COc1ccc2c(c1)OCCCC2NCC1(OCCO)CCOCC1. The maximum Gasteiger partial charge on any atom is 0.127 e. The van der Waals surface area contributed by atoms with Crippen LogP contribution in [0, 0.1) is 0 Å². The predicted molar refractivity (Wildman–Crippen MR) is 94.3 cm³/mol. The summed E-state index contributed by atoms with van der Waals surface area (Å²) in [6.07, 6.45) is 3.71. The molecule has 0 aliphatic carbocycles. The van der Waals surface area contributed by atoms with E-state index >= 15 is 0 Å². The summed E-state index contributed by atoms with van der Waals surface area (Å²) < 4.78 is 22.7. The molecule has 1 fully saturated rings. The fraction of sp³-hybridized carbons (Fsp3) is 0.684. The van der Waals surface area contributed by atoms with E-state index in [9.17, 15) is 0 Å². The fourth-order valence-electron chi connectivity index (χ4n) is 3.58. The van der Waals surface area contributed by atoms with Crippen molar-refractivity contribution in [3.05, 3.63) is 23.8 Å². The average molecular weight is 351 g/mol. The Morgan fingerprint density at radius 2 is 2.12 bits per heavy atom. The second-order valence-electron chi connectivity index (χ2n) is 6.70. The van der Waals surface area contributed by atoms with Gasteiger partial charge in [0.2, 0.25) is 0 Å². The molecule has 1 unspecified atom stereocenters. The molecule has 6 heteroatoms. The second kappa shape index (κ2) is 8.85. The first-order valence-electron chi connectivity index (χ1n) is 9.13. The summed E-state index contributed by atoms with van der Waals surface area (Å²) in [4.78, 5) is 0. The Bertz CT molecular complexity index is 545. The van der Waals surface area contributed by atoms with E-state index in [4.69, 9.17) is 24.1 Å². The zero-order valence-corrected chi connectivity index (χ0v) is 15.0. The van der Waals surface area contributed by atoms with Crippen molar-refractivity contribution < 1.29 is 24.1 Å². The van der Waals surface area contributed by atoms with Gasteiger partial charge in [-0.05, 0) is 18.9 Å². The largest absolute Gasteiger partial charge is 0.497 e. The molecule has 0 radical (unpaired) electrons. The third kappa shape index (κ3) is 4.64. The second-order valence-corrected chi connectivity index (χ2v) is 6.70. The number of aliphatic hydroxyl groups excluding tert-OH is 1. The van der Waals surface area contributed by atoms with Gasteiger partial charge in [0.25, 0.3) is 0 Å². The average Bonchev–Trinajstić information content (AvgIpc) is 2.87. The van der Waals surface area contributed by atoms with Crippen molar-refractivity contribution >= 4 is 0 Å². The van der Waals surface area contributed by atoms with Crippen LogP contribution < -0.4 is 14.8 Å². The number of rotatable bonds is 7. The number of hydrogen-bond acceptors (Lipinski definition) is 6. The highest BCUT2D eigenvalue weighted by atomic mass is 16.5. The normalized spacial score (nSPS) is 22.6. The molecule has 0 saturated carbocycles. The van der Waals surface area contributed by atoms with Gasteiger partial charge in [0.15, 0.2) is 0 Å². The van der Waals surface area contributed by atoms with Gasteiger partial charge < -0.3 is 29.4 Å². The number of fused-ring (bicyclic) bond motifs is 1. The molecule has 2 N–H and O–H groups in total. The summed E-state index contributed by atoms with van der Waals surface area (Å²) in [5.41, 5.74) is 0.906. The lowest BCUT2D eigenvalue weighted by Gasteiger charge is -2.38. The maximum atomic E-state index is 9.14. The molecule has 0 spiro atoms. The maximum absolute atomic E-state index is 9.14. The number of nitrogens with one attached hydrogen (secondary N) is 1. The summed E-state index contributed by atoms with van der Waals surface area (Å²) >= 11 is 0. The van der Waals surface area contributed by atoms with E-state index in [0.717, 1.165) is 50.3 Å². The lowest BCUT2D eigenvalue weighted by molar-refractivity contribution is -0.116. The van der Waals surface area contributed by atoms with Gasteiger partial charge in [-0.1, -0.05) is 6.07 Å². The van der Waals surface area contributed by atoms with Crippen LogP contribution in [0.15, 0.2) is 18.2 Å². The first-order valence-corrected chi connectivity index (χ1v) is 9.13. The molecule has 1 aromatic carbocycles. The topological polar surface area (TPSA) is 69.2 Å². The molecule has 140 valence electrons. The third-order valence-corrected chi connectivity index (χ3v) is 5.07. The van der Waals surface area contributed by atoms with Crippen LogP contribution in [0.5, 0.6) is 11.5 Å². The Morgan fingerprint density at radius 3 is 2.88 bits per heavy atom. The van der Waals surface area contributed by atoms with Gasteiger partial charge in [-0.2, -0.15) is 0 Å². The number of methoxy groups -OCH3 is 1. The summed E-state index contributed by atoms with van der Waals surface area (Å²) in [6.45, 7) is 3.28. The Hall–Kier alpha value is -1.34. The Kier molecular flexibility index (Phi) is 6.53. The molecule has 1 atom stereocenters. The quantitative estimate of drug-likeness (QED) is 0.784. The van der Waals surface area contributed by atoms with Crippen molar-refractivity contribution in [3.8, 4) is 11.5 Å². The zero-order chi connectivity index (χ0) is 17.5. The molecule has 2 aliphatic heterocycles. The molecule has 1 aromatic rings. The molecule has 2 aliphatic rings. The lowest BCUT2D eigenvalue weighted by atomic mass is 9.92. The number of ether oxygens (including phenoxy) is 4. The van der Waals surface area contributed by atoms with Gasteiger partial charge in [0, 0.05) is 50.3 Å². The highest BCUT2D eigenvalue weighted by Gasteiger charge is 2.34. The monoisotopic (exact) mass is 351 g/mol. The van der Waals surface area contributed by atoms with Crippen molar-refractivity contribution in [2.45, 2.75) is 37.3 Å². The van der Waals surface area contributed by atoms with Gasteiger partial charge >= 0.3 is 0 Å². The fourth-order valence-corrected chi connectivity index (χ4v) is 3.58. The van der Waals surface area contributed by atoms with E-state index in [-0.39, 0.29) is 18.2 Å². The van der Waals surface area contributed by atoms with Crippen LogP contribution in [-0.4, -0.2) is 57.4 Å². The van der Waals surface area contributed by atoms with E-state index in [1.165, 1.54) is 5.56 Å². The molecule has 6 nitrogen and oxygen atoms in total. The molecule has 25 heavy (non-hydrogen) atoms. The van der Waals surface area contributed by atoms with Gasteiger partial charge in [0.1, 0.15) is 11.5 Å². The van der Waals surface area contributed by atoms with Crippen LogP contribution in [0.3, 0.4) is 0 Å². The minimum absolute atomic E-state index is 0.0442. The molecule has 2 heterocycles. The Balaban J connectivity index is 1.71. The molecule has 0 aromatic heterocycles. The predicted octanol–water partition coefficient (Wildman–Crippen LogP) is 2.06. The van der Waals surface area contributed by atoms with Crippen molar-refractivity contribution in [3.63, 3.8) is 0 Å². The van der Waals surface area contributed by atoms with Gasteiger partial charge in [-0.3, -0.25) is 0 Å². The third-order valence-electron chi connectivity index (χ3n) is 5.07. The summed E-state index contributed by atoms with van der Waals surface area (Å²) in [7, 11) is 1.67. The van der Waals surface area contributed by atoms with Gasteiger partial charge in [-0.15, -0.1) is 0 Å². The van der Waals surface area contributed by atoms with Gasteiger partial charge in [0.05, 0.1) is 32.5 Å². The van der Waals surface area contributed by atoms with Gasteiger partial charge in [-0.25, -0.2) is 0 Å². The first-order chi connectivity index (χ1) is 12.3. The van der Waals surface area contributed by atoms with E-state index in [0.29, 0.717) is 19.8 Å². The number of aliphatic hydroxyl groups is 1. The number of hydrogen-bond donors (Lipinski definition) is 2. The first kappa shape index (κ1) is 18.5. The Morgan fingerprint density at radius 1 is 1.28 bits per heavy atom. The van der Waals surface area contributed by atoms with Crippen LogP contribution in [0.2, 0.25) is 0 Å². The molecule has 1 saturated heterocycles. The lowest BCUT2D eigenvalue weighted by Crippen LogP contribution is -2.48. The smallest absolute Gasteiger partial charge is 0.127 e. The van der Waals surface area contributed by atoms with Crippen LogP contribution >= 0.6 is 0 Å². The van der Waals surface area contributed by atoms with Crippen molar-refractivity contribution in [1.82, 2.24) is 5.32 Å². The summed E-state index contributed by atoms with van der Waals surface area (Å²) in [6, 6.07) is 6.25. The highest BCUT2D eigenvalue weighted by molar-refractivity contribution is 5.43. The van der Waals surface area contributed by atoms with Crippen molar-refractivity contribution in [2.24, 2.45) is 0 Å². The highest BCUT2D eigenvalue weighted by Crippen LogP contribution is 2.35. The molecule has 0 amide bonds. The van der Waals surface area contributed by atoms with E-state index < -0.39 is 0 Å². The van der Waals surface area contributed by atoms with E-state index in [1.807, 2.05) is 12.1 Å². The Labute approximate surface area is 149 Å². The van der Waals surface area contributed by atoms with E-state index in [2.05, 4.69) is 11.4 Å². The zero-order valence-electron chi connectivity index (χ0n) is 15.0. The molecular formula is C19H29NO5. The standard InChI is InChI=1S/C19H29NO5/c1-22-15-4-5-16-17(3-2-9-24-18(16)13-15)20-14-19(25-12-8-21)6-10-23-11-7-19/h4-5,13,17,20-21H,2-3,6-12,14H2,1H3. The van der Waals surface area contributed by atoms with Crippen molar-refractivity contribution in [2.75, 3.05) is 46.7 Å².